The van der Waals surface area contributed by atoms with Crippen LogP contribution in [0.15, 0.2) is 18.6 Å². The lowest BCUT2D eigenvalue weighted by atomic mass is 10.1. The van der Waals surface area contributed by atoms with E-state index in [1.807, 2.05) is 10.9 Å². The number of nitrogens with two attached hydrogens (primary N) is 1. The molecular formula is C13H15N7. The van der Waals surface area contributed by atoms with Crippen LogP contribution in [0.5, 0.6) is 0 Å². The summed E-state index contributed by atoms with van der Waals surface area (Å²) in [5, 5.41) is 16.8. The molecule has 0 aliphatic carbocycles. The molecule has 102 valence electrons. The van der Waals surface area contributed by atoms with Crippen LogP contribution in [0.2, 0.25) is 0 Å². The molecule has 20 heavy (non-hydrogen) atoms. The molecule has 0 unspecified atom stereocenters. The van der Waals surface area contributed by atoms with Gasteiger partial charge in [-0.3, -0.25) is 4.68 Å². The average molecular weight is 269 g/mol. The third-order valence-electron chi connectivity index (χ3n) is 3.49. The molecule has 3 N–H and O–H groups in total. The number of anilines is 1. The summed E-state index contributed by atoms with van der Waals surface area (Å²) < 4.78 is 1.95. The Hall–Kier alpha value is -2.46. The summed E-state index contributed by atoms with van der Waals surface area (Å²) in [6, 6.07) is 2.48. The van der Waals surface area contributed by atoms with Crippen LogP contribution >= 0.6 is 0 Å². The maximum absolute atomic E-state index is 9.12. The Kier molecular flexibility index (Phi) is 3.31. The number of nitriles is 1. The quantitative estimate of drug-likeness (QED) is 0.832. The molecule has 3 heterocycles. The number of hydrogen-bond acceptors (Lipinski definition) is 6. The first-order valence-corrected chi connectivity index (χ1v) is 6.56. The van der Waals surface area contributed by atoms with Gasteiger partial charge in [0.2, 0.25) is 5.95 Å². The highest BCUT2D eigenvalue weighted by molar-refractivity contribution is 5.65. The van der Waals surface area contributed by atoms with Crippen molar-refractivity contribution in [3.63, 3.8) is 0 Å². The minimum Gasteiger partial charge on any atom is -0.368 e. The van der Waals surface area contributed by atoms with Gasteiger partial charge in [0.1, 0.15) is 6.07 Å². The molecule has 0 amide bonds. The van der Waals surface area contributed by atoms with Gasteiger partial charge in [-0.25, -0.2) is 9.97 Å². The number of piperidine rings is 1. The normalized spacial score (nSPS) is 15.9. The Bertz CT molecular complexity index is 649. The van der Waals surface area contributed by atoms with Crippen LogP contribution in [0, 0.1) is 11.3 Å². The highest BCUT2D eigenvalue weighted by atomic mass is 15.3. The molecule has 7 heteroatoms. The number of hydrogen-bond donors (Lipinski definition) is 2. The van der Waals surface area contributed by atoms with Crippen LogP contribution in [0.4, 0.5) is 5.95 Å². The summed E-state index contributed by atoms with van der Waals surface area (Å²) >= 11 is 0. The van der Waals surface area contributed by atoms with Crippen molar-refractivity contribution in [3.8, 4) is 17.3 Å². The second-order valence-corrected chi connectivity index (χ2v) is 4.79. The smallest absolute Gasteiger partial charge is 0.220 e. The molecule has 1 saturated heterocycles. The van der Waals surface area contributed by atoms with Crippen molar-refractivity contribution in [2.75, 3.05) is 18.8 Å². The minimum atomic E-state index is 0.161. The van der Waals surface area contributed by atoms with E-state index in [1.54, 1.807) is 6.20 Å². The lowest BCUT2D eigenvalue weighted by Gasteiger charge is -2.22. The third kappa shape index (κ3) is 2.33. The number of rotatable bonds is 2. The lowest BCUT2D eigenvalue weighted by Crippen LogP contribution is -2.29. The van der Waals surface area contributed by atoms with E-state index in [-0.39, 0.29) is 5.95 Å². The Morgan fingerprint density at radius 1 is 1.35 bits per heavy atom. The molecule has 0 aromatic carbocycles. The van der Waals surface area contributed by atoms with Crippen LogP contribution in [-0.4, -0.2) is 32.8 Å². The lowest BCUT2D eigenvalue weighted by molar-refractivity contribution is 0.343. The maximum atomic E-state index is 9.12. The Morgan fingerprint density at radius 3 is 2.90 bits per heavy atom. The molecule has 0 saturated carbocycles. The van der Waals surface area contributed by atoms with E-state index in [9.17, 15) is 0 Å². The van der Waals surface area contributed by atoms with Crippen molar-refractivity contribution in [3.05, 3.63) is 24.2 Å². The molecule has 1 aliphatic heterocycles. The zero-order valence-corrected chi connectivity index (χ0v) is 11.0. The molecule has 0 atom stereocenters. The van der Waals surface area contributed by atoms with Gasteiger partial charge in [-0.1, -0.05) is 0 Å². The van der Waals surface area contributed by atoms with Gasteiger partial charge in [-0.15, -0.1) is 0 Å². The molecule has 0 bridgehead atoms. The van der Waals surface area contributed by atoms with Crippen LogP contribution in [-0.2, 0) is 0 Å². The first-order valence-electron chi connectivity index (χ1n) is 6.56. The number of aromatic nitrogens is 4. The van der Waals surface area contributed by atoms with Gasteiger partial charge < -0.3 is 11.1 Å². The van der Waals surface area contributed by atoms with Crippen molar-refractivity contribution in [2.24, 2.45) is 0 Å². The fourth-order valence-corrected chi connectivity index (χ4v) is 2.43. The van der Waals surface area contributed by atoms with Gasteiger partial charge >= 0.3 is 0 Å². The topological polar surface area (TPSA) is 105 Å². The molecular weight excluding hydrogens is 254 g/mol. The number of nitrogens with one attached hydrogen (secondary N) is 1. The molecule has 0 spiro atoms. The predicted octanol–water partition coefficient (Wildman–Crippen LogP) is 0.718. The zero-order valence-electron chi connectivity index (χ0n) is 11.0. The standard InChI is InChI=1S/C13H15N7/c14-5-9-6-17-13(15)19-12(9)10-7-18-20(8-10)11-1-3-16-4-2-11/h6-8,11,16H,1-4H2,(H2,15,17,19). The summed E-state index contributed by atoms with van der Waals surface area (Å²) in [6.07, 6.45) is 7.21. The summed E-state index contributed by atoms with van der Waals surface area (Å²) in [7, 11) is 0. The van der Waals surface area contributed by atoms with Crippen molar-refractivity contribution >= 4 is 5.95 Å². The van der Waals surface area contributed by atoms with Crippen LogP contribution < -0.4 is 11.1 Å². The van der Waals surface area contributed by atoms with Gasteiger partial charge in [0, 0.05) is 11.8 Å². The number of nitrogen functional groups attached to an aromatic ring is 1. The van der Waals surface area contributed by atoms with E-state index in [4.69, 9.17) is 11.0 Å². The largest absolute Gasteiger partial charge is 0.368 e. The second kappa shape index (κ2) is 5.27. The van der Waals surface area contributed by atoms with E-state index in [0.717, 1.165) is 31.5 Å². The zero-order chi connectivity index (χ0) is 13.9. The first-order chi connectivity index (χ1) is 9.78. The summed E-state index contributed by atoms with van der Waals surface area (Å²) in [5.74, 6) is 0.161. The van der Waals surface area contributed by atoms with Crippen LogP contribution in [0.25, 0.3) is 11.3 Å². The van der Waals surface area contributed by atoms with Crippen molar-refractivity contribution in [1.29, 1.82) is 5.26 Å². The third-order valence-corrected chi connectivity index (χ3v) is 3.49. The van der Waals surface area contributed by atoms with Crippen molar-refractivity contribution in [2.45, 2.75) is 18.9 Å². The van der Waals surface area contributed by atoms with Gasteiger partial charge in [0.15, 0.2) is 0 Å². The van der Waals surface area contributed by atoms with Gasteiger partial charge in [0.05, 0.1) is 29.7 Å². The maximum Gasteiger partial charge on any atom is 0.220 e. The minimum absolute atomic E-state index is 0.161. The van der Waals surface area contributed by atoms with Crippen LogP contribution in [0.1, 0.15) is 24.4 Å². The van der Waals surface area contributed by atoms with Crippen molar-refractivity contribution in [1.82, 2.24) is 25.1 Å². The molecule has 0 radical (unpaired) electrons. The average Bonchev–Trinajstić information content (AvgIpc) is 2.98. The summed E-state index contributed by atoms with van der Waals surface area (Å²) in [6.45, 7) is 2.01. The molecule has 1 fully saturated rings. The highest BCUT2D eigenvalue weighted by Gasteiger charge is 2.17. The molecule has 3 rings (SSSR count). The van der Waals surface area contributed by atoms with E-state index in [0.29, 0.717) is 17.3 Å². The van der Waals surface area contributed by atoms with E-state index < -0.39 is 0 Å². The molecule has 7 nitrogen and oxygen atoms in total. The molecule has 2 aromatic rings. The summed E-state index contributed by atoms with van der Waals surface area (Å²) in [4.78, 5) is 7.99. The van der Waals surface area contributed by atoms with Crippen molar-refractivity contribution < 1.29 is 0 Å². The van der Waals surface area contributed by atoms with Gasteiger partial charge in [0.25, 0.3) is 0 Å². The molecule has 2 aromatic heterocycles. The molecule has 1 aliphatic rings. The van der Waals surface area contributed by atoms with E-state index in [1.165, 1.54) is 6.20 Å². The number of nitrogens with zero attached hydrogens (tertiary/aromatic N) is 5. The SMILES string of the molecule is N#Cc1cnc(N)nc1-c1cnn(C2CCNCC2)c1. The second-order valence-electron chi connectivity index (χ2n) is 4.79. The fraction of sp³-hybridized carbons (Fsp3) is 0.385. The Morgan fingerprint density at radius 2 is 2.15 bits per heavy atom. The summed E-state index contributed by atoms with van der Waals surface area (Å²) in [5.41, 5.74) is 7.35. The first kappa shape index (κ1) is 12.6. The monoisotopic (exact) mass is 269 g/mol. The fourth-order valence-electron chi connectivity index (χ4n) is 2.43. The Labute approximate surface area is 116 Å². The highest BCUT2D eigenvalue weighted by Crippen LogP contribution is 2.24. The van der Waals surface area contributed by atoms with E-state index >= 15 is 0 Å². The Balaban J connectivity index is 1.94. The van der Waals surface area contributed by atoms with Gasteiger partial charge in [-0.2, -0.15) is 10.4 Å². The van der Waals surface area contributed by atoms with Crippen LogP contribution in [0.3, 0.4) is 0 Å². The van der Waals surface area contributed by atoms with Gasteiger partial charge in [-0.05, 0) is 25.9 Å². The predicted molar refractivity (Wildman–Crippen MR) is 73.5 cm³/mol. The van der Waals surface area contributed by atoms with E-state index in [2.05, 4.69) is 26.5 Å².